The highest BCUT2D eigenvalue weighted by Gasteiger charge is 2.25. The van der Waals surface area contributed by atoms with Gasteiger partial charge in [-0.05, 0) is 37.0 Å². The molecule has 1 aliphatic rings. The summed E-state index contributed by atoms with van der Waals surface area (Å²) in [6.07, 6.45) is 4.15. The monoisotopic (exact) mass is 507 g/mol. The predicted octanol–water partition coefficient (Wildman–Crippen LogP) is 2.84. The second kappa shape index (κ2) is 12.3. The van der Waals surface area contributed by atoms with Gasteiger partial charge in [-0.3, -0.25) is 9.20 Å². The Labute approximate surface area is 181 Å². The van der Waals surface area contributed by atoms with Crippen LogP contribution < -0.4 is 10.6 Å². The van der Waals surface area contributed by atoms with Gasteiger partial charge in [0.15, 0.2) is 5.96 Å². The van der Waals surface area contributed by atoms with Crippen LogP contribution in [-0.4, -0.2) is 47.3 Å². The normalized spacial score (nSPS) is 20.9. The summed E-state index contributed by atoms with van der Waals surface area (Å²) in [6.45, 7) is 2.59. The molecule has 0 aliphatic heterocycles. The Kier molecular flexibility index (Phi) is 10.9. The lowest BCUT2D eigenvalue weighted by Gasteiger charge is -2.30. The number of hydrogen-bond donors (Lipinski definition) is 2. The van der Waals surface area contributed by atoms with Crippen LogP contribution in [0.5, 0.6) is 0 Å². The number of carbonyl (C=O) groups excluding carboxylic acids is 1. The average molecular weight is 507 g/mol. The molecule has 152 valence electrons. The van der Waals surface area contributed by atoms with Crippen LogP contribution in [0.15, 0.2) is 29.3 Å². The summed E-state index contributed by atoms with van der Waals surface area (Å²) in [5, 5.41) is 7.04. The maximum absolute atomic E-state index is 12.1. The average Bonchev–Trinajstić information content (AvgIpc) is 2.70. The van der Waals surface area contributed by atoms with Crippen molar-refractivity contribution in [1.29, 1.82) is 0 Å². The fourth-order valence-corrected chi connectivity index (χ4v) is 4.55. The lowest BCUT2D eigenvalue weighted by atomic mass is 9.95. The number of methoxy groups -OCH3 is 1. The number of benzene rings is 1. The number of nitrogens with one attached hydrogen (secondary N) is 2. The Morgan fingerprint density at radius 1 is 1.30 bits per heavy atom. The maximum Gasteiger partial charge on any atom is 0.337 e. The summed E-state index contributed by atoms with van der Waals surface area (Å²) in [7, 11) is 2.40. The molecule has 1 aromatic carbocycles. The minimum atomic E-state index is -0.729. The zero-order valence-corrected chi connectivity index (χ0v) is 19.3. The number of halogens is 1. The second-order valence-corrected chi connectivity index (χ2v) is 8.42. The standard InChI is InChI=1S/C19H29N3O3S.HI/c1-4-26(24)17-7-5-6-16(12-17)22-19(20-2)21-13-14-8-10-15(11-9-14)18(23)25-3;/h8-11,16-17H,4-7,12-13H2,1-3H3,(H2,20,21,22);1H. The van der Waals surface area contributed by atoms with Crippen molar-refractivity contribution in [3.8, 4) is 0 Å². The molecule has 1 aromatic rings. The summed E-state index contributed by atoms with van der Waals surface area (Å²) in [5.74, 6) is 1.14. The molecular weight excluding hydrogens is 477 g/mol. The molecule has 27 heavy (non-hydrogen) atoms. The zero-order valence-electron chi connectivity index (χ0n) is 16.2. The van der Waals surface area contributed by atoms with Crippen molar-refractivity contribution >= 4 is 46.7 Å². The lowest BCUT2D eigenvalue weighted by molar-refractivity contribution is 0.0600. The first kappa shape index (κ1) is 23.9. The maximum atomic E-state index is 12.1. The summed E-state index contributed by atoms with van der Waals surface area (Å²) in [6, 6.07) is 7.61. The minimum Gasteiger partial charge on any atom is -0.465 e. The first-order valence-corrected chi connectivity index (χ1v) is 10.5. The molecule has 3 unspecified atom stereocenters. The number of ether oxygens (including phenoxy) is 1. The van der Waals surface area contributed by atoms with E-state index in [4.69, 9.17) is 4.74 Å². The molecule has 1 aliphatic carbocycles. The Morgan fingerprint density at radius 2 is 2.00 bits per heavy atom. The molecule has 6 nitrogen and oxygen atoms in total. The number of hydrogen-bond acceptors (Lipinski definition) is 4. The predicted molar refractivity (Wildman–Crippen MR) is 121 cm³/mol. The van der Waals surface area contributed by atoms with Crippen molar-refractivity contribution < 1.29 is 13.7 Å². The number of rotatable bonds is 6. The Morgan fingerprint density at radius 3 is 2.59 bits per heavy atom. The molecule has 0 saturated heterocycles. The molecule has 0 aromatic heterocycles. The van der Waals surface area contributed by atoms with Gasteiger partial charge >= 0.3 is 5.97 Å². The first-order valence-electron chi connectivity index (χ1n) is 9.09. The Hall–Kier alpha value is -1.16. The molecule has 0 radical (unpaired) electrons. The van der Waals surface area contributed by atoms with Crippen LogP contribution in [0.4, 0.5) is 0 Å². The topological polar surface area (TPSA) is 79.8 Å². The van der Waals surface area contributed by atoms with Crippen LogP contribution in [0.1, 0.15) is 48.5 Å². The summed E-state index contributed by atoms with van der Waals surface area (Å²) in [5.41, 5.74) is 1.59. The van der Waals surface area contributed by atoms with E-state index in [1.54, 1.807) is 19.2 Å². The second-order valence-electron chi connectivity index (χ2n) is 6.41. The molecule has 0 spiro atoms. The van der Waals surface area contributed by atoms with E-state index in [0.29, 0.717) is 18.2 Å². The molecule has 8 heteroatoms. The van der Waals surface area contributed by atoms with E-state index in [1.165, 1.54) is 7.11 Å². The van der Waals surface area contributed by atoms with E-state index >= 15 is 0 Å². The molecule has 1 saturated carbocycles. The number of guanidine groups is 1. The van der Waals surface area contributed by atoms with Gasteiger partial charge in [-0.15, -0.1) is 24.0 Å². The van der Waals surface area contributed by atoms with Crippen LogP contribution in [0, 0.1) is 0 Å². The molecule has 0 bridgehead atoms. The van der Waals surface area contributed by atoms with Crippen molar-refractivity contribution in [2.75, 3.05) is 19.9 Å². The van der Waals surface area contributed by atoms with Gasteiger partial charge in [0.2, 0.25) is 0 Å². The van der Waals surface area contributed by atoms with Crippen LogP contribution in [-0.2, 0) is 22.1 Å². The highest BCUT2D eigenvalue weighted by molar-refractivity contribution is 14.0. The van der Waals surface area contributed by atoms with Crippen molar-refractivity contribution in [3.63, 3.8) is 0 Å². The highest BCUT2D eigenvalue weighted by Crippen LogP contribution is 2.23. The van der Waals surface area contributed by atoms with E-state index in [1.807, 2.05) is 19.1 Å². The molecule has 2 N–H and O–H groups in total. The van der Waals surface area contributed by atoms with E-state index in [-0.39, 0.29) is 35.2 Å². The molecule has 3 atom stereocenters. The first-order chi connectivity index (χ1) is 12.6. The Bertz CT molecular complexity index is 652. The molecule has 0 amide bonds. The van der Waals surface area contributed by atoms with Gasteiger partial charge in [-0.2, -0.15) is 0 Å². The molecule has 0 heterocycles. The number of nitrogens with zero attached hydrogens (tertiary/aromatic N) is 1. The summed E-state index contributed by atoms with van der Waals surface area (Å²) >= 11 is 0. The van der Waals surface area contributed by atoms with Crippen molar-refractivity contribution in [1.82, 2.24) is 10.6 Å². The molecule has 1 fully saturated rings. The fraction of sp³-hybridized carbons (Fsp3) is 0.579. The number of esters is 1. The molecule has 2 rings (SSSR count). The SMILES string of the molecule is CCS(=O)C1CCCC(NC(=NC)NCc2ccc(C(=O)OC)cc2)C1.I. The van der Waals surface area contributed by atoms with E-state index in [9.17, 15) is 9.00 Å². The minimum absolute atomic E-state index is 0. The van der Waals surface area contributed by atoms with Gasteiger partial charge in [-0.25, -0.2) is 4.79 Å². The van der Waals surface area contributed by atoms with E-state index in [2.05, 4.69) is 15.6 Å². The van der Waals surface area contributed by atoms with Crippen molar-refractivity contribution in [2.24, 2.45) is 4.99 Å². The van der Waals surface area contributed by atoms with Gasteiger partial charge in [0.25, 0.3) is 0 Å². The zero-order chi connectivity index (χ0) is 18.9. The Balaban J connectivity index is 0.00000364. The third-order valence-electron chi connectivity index (χ3n) is 4.68. The fourth-order valence-electron chi connectivity index (χ4n) is 3.20. The van der Waals surface area contributed by atoms with Gasteiger partial charge in [0.05, 0.1) is 12.7 Å². The number of aliphatic imine (C=N–C) groups is 1. The van der Waals surface area contributed by atoms with Gasteiger partial charge in [0.1, 0.15) is 0 Å². The smallest absolute Gasteiger partial charge is 0.337 e. The van der Waals surface area contributed by atoms with Crippen LogP contribution >= 0.6 is 24.0 Å². The third-order valence-corrected chi connectivity index (χ3v) is 6.42. The number of carbonyl (C=O) groups is 1. The summed E-state index contributed by atoms with van der Waals surface area (Å²) < 4.78 is 16.8. The third kappa shape index (κ3) is 7.40. The van der Waals surface area contributed by atoms with Gasteiger partial charge in [-0.1, -0.05) is 25.5 Å². The van der Waals surface area contributed by atoms with Crippen molar-refractivity contribution in [2.45, 2.75) is 50.4 Å². The van der Waals surface area contributed by atoms with Crippen LogP contribution in [0.3, 0.4) is 0 Å². The van der Waals surface area contributed by atoms with Gasteiger partial charge in [0, 0.05) is 41.4 Å². The van der Waals surface area contributed by atoms with Crippen LogP contribution in [0.2, 0.25) is 0 Å². The van der Waals surface area contributed by atoms with Crippen LogP contribution in [0.25, 0.3) is 0 Å². The molecular formula is C19H30IN3O3S. The van der Waals surface area contributed by atoms with Crippen molar-refractivity contribution in [3.05, 3.63) is 35.4 Å². The van der Waals surface area contributed by atoms with E-state index in [0.717, 1.165) is 43.0 Å². The largest absolute Gasteiger partial charge is 0.465 e. The lowest BCUT2D eigenvalue weighted by Crippen LogP contribution is -2.46. The summed E-state index contributed by atoms with van der Waals surface area (Å²) in [4.78, 5) is 15.8. The quantitative estimate of drug-likeness (QED) is 0.268. The highest BCUT2D eigenvalue weighted by atomic mass is 127. The van der Waals surface area contributed by atoms with E-state index < -0.39 is 10.8 Å². The van der Waals surface area contributed by atoms with Gasteiger partial charge < -0.3 is 15.4 Å².